The Morgan fingerprint density at radius 1 is 1.39 bits per heavy atom. The number of hydrogen-bond acceptors (Lipinski definition) is 3. The molecule has 2 aliphatic rings. The Morgan fingerprint density at radius 3 is 2.89 bits per heavy atom. The number of ether oxygens (including phenoxy) is 1. The van der Waals surface area contributed by atoms with Gasteiger partial charge in [0.2, 0.25) is 0 Å². The molecule has 3 nitrogen and oxygen atoms in total. The van der Waals surface area contributed by atoms with E-state index in [4.69, 9.17) is 4.74 Å². The second-order valence-corrected chi connectivity index (χ2v) is 6.25. The highest BCUT2D eigenvalue weighted by atomic mass is 32.2. The second-order valence-electron chi connectivity index (χ2n) is 4.97. The van der Waals surface area contributed by atoms with Crippen LogP contribution in [0.25, 0.3) is 0 Å². The van der Waals surface area contributed by atoms with Crippen molar-refractivity contribution in [2.75, 3.05) is 12.3 Å². The molecule has 1 aromatic rings. The molecular weight excluding hydrogens is 246 g/mol. The minimum absolute atomic E-state index is 0.302. The first-order chi connectivity index (χ1) is 8.83. The molecule has 1 aromatic carbocycles. The number of nitrogens with one attached hydrogen (secondary N) is 1. The molecule has 0 spiro atoms. The molecule has 3 rings (SSSR count). The minimum atomic E-state index is -0.302. The molecule has 0 bridgehead atoms. The number of amides is 1. The fourth-order valence-corrected chi connectivity index (χ4v) is 4.12. The van der Waals surface area contributed by atoms with Gasteiger partial charge in [-0.05, 0) is 29.6 Å². The van der Waals surface area contributed by atoms with Gasteiger partial charge in [0, 0.05) is 11.8 Å². The number of carbonyl (C=O) groups excluding carboxylic acids is 1. The summed E-state index contributed by atoms with van der Waals surface area (Å²) in [6.07, 6.45) is 1.06. The first-order valence-corrected chi connectivity index (χ1v) is 7.44. The third-order valence-electron chi connectivity index (χ3n) is 3.64. The summed E-state index contributed by atoms with van der Waals surface area (Å²) in [5.74, 6) is 3.06. The van der Waals surface area contributed by atoms with Gasteiger partial charge in [0.1, 0.15) is 6.61 Å². The quantitative estimate of drug-likeness (QED) is 0.907. The maximum Gasteiger partial charge on any atom is 0.407 e. The van der Waals surface area contributed by atoms with E-state index < -0.39 is 0 Å². The molecule has 2 unspecified atom stereocenters. The number of carbonyl (C=O) groups is 1. The van der Waals surface area contributed by atoms with Gasteiger partial charge in [-0.3, -0.25) is 0 Å². The van der Waals surface area contributed by atoms with Crippen molar-refractivity contribution in [2.45, 2.75) is 18.3 Å². The molecule has 18 heavy (non-hydrogen) atoms. The SMILES string of the molecule is O=C(NC[C@H]1SCC2CC21)OCc1ccccc1. The summed E-state index contributed by atoms with van der Waals surface area (Å²) in [7, 11) is 0. The predicted molar refractivity (Wildman–Crippen MR) is 72.5 cm³/mol. The van der Waals surface area contributed by atoms with Crippen LogP contribution < -0.4 is 5.32 Å². The van der Waals surface area contributed by atoms with E-state index in [0.29, 0.717) is 11.9 Å². The predicted octanol–water partition coefficient (Wildman–Crippen LogP) is 2.66. The van der Waals surface area contributed by atoms with Crippen LogP contribution in [0.1, 0.15) is 12.0 Å². The molecule has 1 heterocycles. The van der Waals surface area contributed by atoms with Crippen molar-refractivity contribution < 1.29 is 9.53 Å². The van der Waals surface area contributed by atoms with Crippen molar-refractivity contribution in [1.29, 1.82) is 0 Å². The third-order valence-corrected chi connectivity index (χ3v) is 5.20. The van der Waals surface area contributed by atoms with E-state index >= 15 is 0 Å². The minimum Gasteiger partial charge on any atom is -0.445 e. The van der Waals surface area contributed by atoms with Gasteiger partial charge in [0.25, 0.3) is 0 Å². The molecule has 2 fully saturated rings. The van der Waals surface area contributed by atoms with E-state index in [9.17, 15) is 4.79 Å². The van der Waals surface area contributed by atoms with Crippen LogP contribution in [0.4, 0.5) is 4.79 Å². The summed E-state index contributed by atoms with van der Waals surface area (Å²) >= 11 is 1.99. The molecule has 0 aromatic heterocycles. The topological polar surface area (TPSA) is 38.3 Å². The molecule has 1 aliphatic carbocycles. The van der Waals surface area contributed by atoms with Crippen molar-refractivity contribution in [3.8, 4) is 0 Å². The molecule has 4 heteroatoms. The van der Waals surface area contributed by atoms with Crippen LogP contribution in [0.15, 0.2) is 30.3 Å². The zero-order valence-corrected chi connectivity index (χ0v) is 11.0. The summed E-state index contributed by atoms with van der Waals surface area (Å²) in [6.45, 7) is 1.09. The number of benzene rings is 1. The first kappa shape index (κ1) is 11.9. The summed E-state index contributed by atoms with van der Waals surface area (Å²) in [5, 5.41) is 3.48. The van der Waals surface area contributed by atoms with E-state index in [-0.39, 0.29) is 6.09 Å². The Labute approximate surface area is 111 Å². The lowest BCUT2D eigenvalue weighted by Crippen LogP contribution is -2.31. The normalized spacial score (nSPS) is 28.6. The molecule has 1 N–H and O–H groups in total. The van der Waals surface area contributed by atoms with E-state index in [0.717, 1.165) is 23.9 Å². The standard InChI is InChI=1S/C14H17NO2S/c16-14(17-8-10-4-2-1-3-5-10)15-7-13-12-6-11(12)9-18-13/h1-5,11-13H,6-9H2,(H,15,16)/t11?,12?,13-/m1/s1. The van der Waals surface area contributed by atoms with Crippen LogP contribution in [-0.2, 0) is 11.3 Å². The summed E-state index contributed by atoms with van der Waals surface area (Å²) in [5.41, 5.74) is 1.02. The molecule has 1 amide bonds. The number of thioether (sulfide) groups is 1. The van der Waals surface area contributed by atoms with Crippen LogP contribution in [-0.4, -0.2) is 23.6 Å². The van der Waals surface area contributed by atoms with Crippen molar-refractivity contribution in [1.82, 2.24) is 5.32 Å². The molecule has 3 atom stereocenters. The van der Waals surface area contributed by atoms with Crippen molar-refractivity contribution in [3.05, 3.63) is 35.9 Å². The van der Waals surface area contributed by atoms with E-state index in [1.54, 1.807) is 0 Å². The van der Waals surface area contributed by atoms with E-state index in [1.807, 2.05) is 42.1 Å². The Bertz CT molecular complexity index is 423. The Balaban J connectivity index is 1.37. The van der Waals surface area contributed by atoms with Crippen LogP contribution in [0.3, 0.4) is 0 Å². The highest BCUT2D eigenvalue weighted by molar-refractivity contribution is 8.00. The summed E-state index contributed by atoms with van der Waals surface area (Å²) < 4.78 is 5.18. The van der Waals surface area contributed by atoms with Gasteiger partial charge >= 0.3 is 6.09 Å². The molecular formula is C14H17NO2S. The van der Waals surface area contributed by atoms with Crippen molar-refractivity contribution in [3.63, 3.8) is 0 Å². The first-order valence-electron chi connectivity index (χ1n) is 6.39. The Morgan fingerprint density at radius 2 is 2.22 bits per heavy atom. The van der Waals surface area contributed by atoms with Gasteiger partial charge < -0.3 is 10.1 Å². The second kappa shape index (κ2) is 5.22. The van der Waals surface area contributed by atoms with Crippen molar-refractivity contribution >= 4 is 17.9 Å². The van der Waals surface area contributed by atoms with Gasteiger partial charge in [-0.15, -0.1) is 0 Å². The lowest BCUT2D eigenvalue weighted by molar-refractivity contribution is 0.139. The number of hydrogen-bond donors (Lipinski definition) is 1. The lowest BCUT2D eigenvalue weighted by Gasteiger charge is -2.12. The summed E-state index contributed by atoms with van der Waals surface area (Å²) in [4.78, 5) is 11.6. The highest BCUT2D eigenvalue weighted by Crippen LogP contribution is 2.53. The zero-order valence-electron chi connectivity index (χ0n) is 10.2. The largest absolute Gasteiger partial charge is 0.445 e. The van der Waals surface area contributed by atoms with E-state index in [1.165, 1.54) is 12.2 Å². The summed E-state index contributed by atoms with van der Waals surface area (Å²) in [6, 6.07) is 9.74. The fourth-order valence-electron chi connectivity index (χ4n) is 2.46. The maximum absolute atomic E-state index is 11.6. The van der Waals surface area contributed by atoms with Gasteiger partial charge in [-0.2, -0.15) is 11.8 Å². The fraction of sp³-hybridized carbons (Fsp3) is 0.500. The molecule has 0 radical (unpaired) electrons. The van der Waals surface area contributed by atoms with Gasteiger partial charge in [0.15, 0.2) is 0 Å². The Kier molecular flexibility index (Phi) is 3.46. The van der Waals surface area contributed by atoms with Crippen LogP contribution in [0, 0.1) is 11.8 Å². The number of fused-ring (bicyclic) bond motifs is 1. The van der Waals surface area contributed by atoms with Crippen LogP contribution in [0.2, 0.25) is 0 Å². The molecule has 1 saturated heterocycles. The van der Waals surface area contributed by atoms with E-state index in [2.05, 4.69) is 5.32 Å². The molecule has 96 valence electrons. The third kappa shape index (κ3) is 2.80. The Hall–Kier alpha value is -1.16. The monoisotopic (exact) mass is 263 g/mol. The van der Waals surface area contributed by atoms with Crippen LogP contribution >= 0.6 is 11.8 Å². The van der Waals surface area contributed by atoms with Crippen molar-refractivity contribution in [2.24, 2.45) is 11.8 Å². The average molecular weight is 263 g/mol. The van der Waals surface area contributed by atoms with Gasteiger partial charge in [-0.1, -0.05) is 30.3 Å². The smallest absolute Gasteiger partial charge is 0.407 e. The maximum atomic E-state index is 11.6. The lowest BCUT2D eigenvalue weighted by atomic mass is 10.2. The number of rotatable bonds is 4. The van der Waals surface area contributed by atoms with Crippen LogP contribution in [0.5, 0.6) is 0 Å². The van der Waals surface area contributed by atoms with Gasteiger partial charge in [-0.25, -0.2) is 4.79 Å². The van der Waals surface area contributed by atoms with Gasteiger partial charge in [0.05, 0.1) is 0 Å². The average Bonchev–Trinajstić information content (AvgIpc) is 3.09. The molecule has 1 aliphatic heterocycles. The number of alkyl carbamates (subject to hydrolysis) is 1. The molecule has 1 saturated carbocycles. The zero-order chi connectivity index (χ0) is 12.4. The highest BCUT2D eigenvalue weighted by Gasteiger charge is 2.48.